The molecule has 1 aromatic carbocycles. The molecule has 0 saturated carbocycles. The van der Waals surface area contributed by atoms with E-state index < -0.39 is 0 Å². The topological polar surface area (TPSA) is 38.3 Å². The highest BCUT2D eigenvalue weighted by Crippen LogP contribution is 2.16. The van der Waals surface area contributed by atoms with Gasteiger partial charge in [-0.2, -0.15) is 0 Å². The van der Waals surface area contributed by atoms with Crippen molar-refractivity contribution < 1.29 is 9.53 Å². The van der Waals surface area contributed by atoms with Gasteiger partial charge >= 0.3 is 5.97 Å². The minimum atomic E-state index is -0.165. The standard InChI is InChI=1S/C15H23NO2/c1-11(2)14(10-15(17)18-4)16-12(3)13-8-6-5-7-9-13/h5-9,11-12,14,16H,10H2,1-4H3/t12-,14+/m0/s1. The van der Waals surface area contributed by atoms with Crippen LogP contribution in [0.3, 0.4) is 0 Å². The number of ether oxygens (including phenoxy) is 1. The van der Waals surface area contributed by atoms with Crippen LogP contribution < -0.4 is 5.32 Å². The fourth-order valence-corrected chi connectivity index (χ4v) is 1.91. The van der Waals surface area contributed by atoms with E-state index in [4.69, 9.17) is 4.74 Å². The largest absolute Gasteiger partial charge is 0.469 e. The number of benzene rings is 1. The maximum Gasteiger partial charge on any atom is 0.307 e. The van der Waals surface area contributed by atoms with E-state index in [9.17, 15) is 4.79 Å². The molecule has 18 heavy (non-hydrogen) atoms. The normalized spacial score (nSPS) is 14.3. The fourth-order valence-electron chi connectivity index (χ4n) is 1.91. The number of carbonyl (C=O) groups is 1. The molecule has 1 rings (SSSR count). The lowest BCUT2D eigenvalue weighted by Crippen LogP contribution is -2.37. The molecule has 0 bridgehead atoms. The zero-order valence-electron chi connectivity index (χ0n) is 11.6. The van der Waals surface area contributed by atoms with Gasteiger partial charge in [0.25, 0.3) is 0 Å². The maximum absolute atomic E-state index is 11.4. The van der Waals surface area contributed by atoms with Crippen molar-refractivity contribution in [3.05, 3.63) is 35.9 Å². The van der Waals surface area contributed by atoms with Crippen molar-refractivity contribution in [2.45, 2.75) is 39.3 Å². The summed E-state index contributed by atoms with van der Waals surface area (Å²) in [4.78, 5) is 11.4. The van der Waals surface area contributed by atoms with Crippen LogP contribution in [0.2, 0.25) is 0 Å². The molecule has 0 unspecified atom stereocenters. The summed E-state index contributed by atoms with van der Waals surface area (Å²) >= 11 is 0. The molecule has 3 heteroatoms. The second kappa shape index (κ2) is 7.17. The van der Waals surface area contributed by atoms with Gasteiger partial charge in [0.15, 0.2) is 0 Å². The zero-order chi connectivity index (χ0) is 13.5. The first-order chi connectivity index (χ1) is 8.54. The highest BCUT2D eigenvalue weighted by Gasteiger charge is 2.20. The quantitative estimate of drug-likeness (QED) is 0.788. The summed E-state index contributed by atoms with van der Waals surface area (Å²) in [5.74, 6) is 0.219. The average Bonchev–Trinajstić information content (AvgIpc) is 2.38. The van der Waals surface area contributed by atoms with Gasteiger partial charge in [-0.3, -0.25) is 4.79 Å². The Morgan fingerprint density at radius 1 is 1.22 bits per heavy atom. The maximum atomic E-state index is 11.4. The summed E-state index contributed by atoms with van der Waals surface area (Å²) < 4.78 is 4.74. The van der Waals surface area contributed by atoms with Crippen molar-refractivity contribution in [3.63, 3.8) is 0 Å². The fraction of sp³-hybridized carbons (Fsp3) is 0.533. The molecular weight excluding hydrogens is 226 g/mol. The molecule has 100 valence electrons. The summed E-state index contributed by atoms with van der Waals surface area (Å²) in [6, 6.07) is 10.6. The summed E-state index contributed by atoms with van der Waals surface area (Å²) in [5, 5.41) is 3.50. The summed E-state index contributed by atoms with van der Waals surface area (Å²) in [7, 11) is 1.43. The van der Waals surface area contributed by atoms with E-state index in [1.54, 1.807) is 0 Å². The molecule has 0 aliphatic carbocycles. The van der Waals surface area contributed by atoms with E-state index in [1.807, 2.05) is 18.2 Å². The smallest absolute Gasteiger partial charge is 0.307 e. The minimum absolute atomic E-state index is 0.132. The van der Waals surface area contributed by atoms with Gasteiger partial charge in [-0.1, -0.05) is 44.2 Å². The molecule has 1 aromatic rings. The van der Waals surface area contributed by atoms with E-state index in [-0.39, 0.29) is 18.1 Å². The van der Waals surface area contributed by atoms with Crippen LogP contribution in [0.5, 0.6) is 0 Å². The van der Waals surface area contributed by atoms with Crippen molar-refractivity contribution >= 4 is 5.97 Å². The van der Waals surface area contributed by atoms with E-state index in [0.29, 0.717) is 12.3 Å². The first-order valence-electron chi connectivity index (χ1n) is 6.42. The van der Waals surface area contributed by atoms with E-state index in [1.165, 1.54) is 12.7 Å². The molecule has 0 heterocycles. The minimum Gasteiger partial charge on any atom is -0.469 e. The SMILES string of the molecule is COC(=O)C[C@@H](N[C@@H](C)c1ccccc1)C(C)C. The predicted octanol–water partition coefficient (Wildman–Crippen LogP) is 2.92. The molecule has 0 spiro atoms. The molecule has 0 aromatic heterocycles. The molecule has 0 saturated heterocycles. The zero-order valence-corrected chi connectivity index (χ0v) is 11.6. The molecule has 0 amide bonds. The molecular formula is C15H23NO2. The van der Waals surface area contributed by atoms with E-state index >= 15 is 0 Å². The molecule has 0 fully saturated rings. The second-order valence-corrected chi connectivity index (χ2v) is 4.93. The number of rotatable bonds is 6. The van der Waals surface area contributed by atoms with Crippen molar-refractivity contribution in [1.82, 2.24) is 5.32 Å². The van der Waals surface area contributed by atoms with E-state index in [0.717, 1.165) is 0 Å². The van der Waals surface area contributed by atoms with E-state index in [2.05, 4.69) is 38.2 Å². The Hall–Kier alpha value is -1.35. The van der Waals surface area contributed by atoms with Gasteiger partial charge in [0, 0.05) is 12.1 Å². The van der Waals surface area contributed by atoms with Gasteiger partial charge in [-0.05, 0) is 18.4 Å². The lowest BCUT2D eigenvalue weighted by molar-refractivity contribution is -0.141. The Bertz CT molecular complexity index is 362. The highest BCUT2D eigenvalue weighted by molar-refractivity contribution is 5.69. The number of esters is 1. The first-order valence-corrected chi connectivity index (χ1v) is 6.42. The first kappa shape index (κ1) is 14.7. The third kappa shape index (κ3) is 4.49. The van der Waals surface area contributed by atoms with Crippen molar-refractivity contribution in [1.29, 1.82) is 0 Å². The molecule has 2 atom stereocenters. The Morgan fingerprint density at radius 3 is 2.33 bits per heavy atom. The molecule has 1 N–H and O–H groups in total. The number of nitrogens with one attached hydrogen (secondary N) is 1. The molecule has 0 aliphatic heterocycles. The second-order valence-electron chi connectivity index (χ2n) is 4.93. The van der Waals surface area contributed by atoms with Crippen molar-refractivity contribution in [2.75, 3.05) is 7.11 Å². The van der Waals surface area contributed by atoms with Crippen LogP contribution >= 0.6 is 0 Å². The number of methoxy groups -OCH3 is 1. The average molecular weight is 249 g/mol. The number of hydrogen-bond donors (Lipinski definition) is 1. The molecule has 3 nitrogen and oxygen atoms in total. The Labute approximate surface area is 110 Å². The van der Waals surface area contributed by atoms with Crippen molar-refractivity contribution in [2.24, 2.45) is 5.92 Å². The van der Waals surface area contributed by atoms with Gasteiger partial charge in [-0.25, -0.2) is 0 Å². The van der Waals surface area contributed by atoms with Gasteiger partial charge in [-0.15, -0.1) is 0 Å². The van der Waals surface area contributed by atoms with Crippen LogP contribution in [0.4, 0.5) is 0 Å². The Balaban J connectivity index is 2.63. The van der Waals surface area contributed by atoms with Crippen molar-refractivity contribution in [3.8, 4) is 0 Å². The third-order valence-electron chi connectivity index (χ3n) is 3.18. The predicted molar refractivity (Wildman–Crippen MR) is 73.3 cm³/mol. The highest BCUT2D eigenvalue weighted by atomic mass is 16.5. The van der Waals surface area contributed by atoms with Gasteiger partial charge < -0.3 is 10.1 Å². The Morgan fingerprint density at radius 2 is 1.83 bits per heavy atom. The van der Waals surface area contributed by atoms with Crippen LogP contribution in [0, 0.1) is 5.92 Å². The van der Waals surface area contributed by atoms with Crippen LogP contribution in [0.25, 0.3) is 0 Å². The van der Waals surface area contributed by atoms with Crippen LogP contribution in [0.1, 0.15) is 38.8 Å². The summed E-state index contributed by atoms with van der Waals surface area (Å²) in [6.07, 6.45) is 0.408. The summed E-state index contributed by atoms with van der Waals surface area (Å²) in [5.41, 5.74) is 1.23. The number of hydrogen-bond acceptors (Lipinski definition) is 3. The summed E-state index contributed by atoms with van der Waals surface area (Å²) in [6.45, 7) is 6.33. The van der Waals surface area contributed by atoms with Crippen LogP contribution in [-0.2, 0) is 9.53 Å². The monoisotopic (exact) mass is 249 g/mol. The lowest BCUT2D eigenvalue weighted by atomic mass is 9.98. The molecule has 0 aliphatic rings. The van der Waals surface area contributed by atoms with Crippen LogP contribution in [-0.4, -0.2) is 19.1 Å². The van der Waals surface area contributed by atoms with Gasteiger partial charge in [0.05, 0.1) is 13.5 Å². The molecule has 0 radical (unpaired) electrons. The number of carbonyl (C=O) groups excluding carboxylic acids is 1. The van der Waals surface area contributed by atoms with Gasteiger partial charge in [0.2, 0.25) is 0 Å². The lowest BCUT2D eigenvalue weighted by Gasteiger charge is -2.26. The van der Waals surface area contributed by atoms with Crippen LogP contribution in [0.15, 0.2) is 30.3 Å². The Kier molecular flexibility index (Phi) is 5.86. The third-order valence-corrected chi connectivity index (χ3v) is 3.18. The van der Waals surface area contributed by atoms with Gasteiger partial charge in [0.1, 0.15) is 0 Å².